The molecule has 6 heteroatoms. The first kappa shape index (κ1) is 14.2. The Balaban J connectivity index is 3.85. The van der Waals surface area contributed by atoms with Crippen LogP contribution in [0.25, 0.3) is 0 Å². The first-order valence-corrected chi connectivity index (χ1v) is 6.20. The highest BCUT2D eigenvalue weighted by molar-refractivity contribution is 7.98. The Bertz CT molecular complexity index is 223. The highest BCUT2D eigenvalue weighted by Crippen LogP contribution is 1.99. The Labute approximate surface area is 94.3 Å². The molecule has 5 nitrogen and oxygen atoms in total. The van der Waals surface area contributed by atoms with E-state index in [-0.39, 0.29) is 18.4 Å². The summed E-state index contributed by atoms with van der Waals surface area (Å²) >= 11 is 1.64. The summed E-state index contributed by atoms with van der Waals surface area (Å²) in [4.78, 5) is 22.0. The molecule has 2 atom stereocenters. The van der Waals surface area contributed by atoms with Crippen LogP contribution in [0.4, 0.5) is 0 Å². The van der Waals surface area contributed by atoms with Crippen molar-refractivity contribution in [2.45, 2.75) is 31.8 Å². The van der Waals surface area contributed by atoms with Gasteiger partial charge in [0.25, 0.3) is 0 Å². The predicted molar refractivity (Wildman–Crippen MR) is 62.4 cm³/mol. The fraction of sp³-hybridized carbons (Fsp3) is 0.778. The number of hydrogen-bond donors (Lipinski definition) is 3. The highest BCUT2D eigenvalue weighted by Gasteiger charge is 2.15. The molecule has 0 aromatic carbocycles. The van der Waals surface area contributed by atoms with Crippen LogP contribution >= 0.6 is 11.8 Å². The van der Waals surface area contributed by atoms with E-state index in [0.717, 1.165) is 5.75 Å². The first-order valence-electron chi connectivity index (χ1n) is 4.80. The van der Waals surface area contributed by atoms with Gasteiger partial charge < -0.3 is 16.8 Å². The third kappa shape index (κ3) is 7.21. The van der Waals surface area contributed by atoms with Gasteiger partial charge in [-0.25, -0.2) is 0 Å². The van der Waals surface area contributed by atoms with Gasteiger partial charge in [0.1, 0.15) is 0 Å². The van der Waals surface area contributed by atoms with E-state index >= 15 is 0 Å². The lowest BCUT2D eigenvalue weighted by Gasteiger charge is -2.16. The van der Waals surface area contributed by atoms with E-state index in [2.05, 4.69) is 5.32 Å². The maximum atomic E-state index is 11.4. The Kier molecular flexibility index (Phi) is 7.15. The van der Waals surface area contributed by atoms with Crippen molar-refractivity contribution in [3.63, 3.8) is 0 Å². The van der Waals surface area contributed by atoms with Crippen molar-refractivity contribution >= 4 is 23.6 Å². The average Bonchev–Trinajstić information content (AvgIpc) is 2.12. The molecule has 0 rings (SSSR count). The Hall–Kier alpha value is -0.750. The Morgan fingerprint density at radius 1 is 1.47 bits per heavy atom. The van der Waals surface area contributed by atoms with Gasteiger partial charge in [-0.05, 0) is 25.4 Å². The van der Waals surface area contributed by atoms with Crippen LogP contribution < -0.4 is 16.8 Å². The maximum absolute atomic E-state index is 11.4. The summed E-state index contributed by atoms with van der Waals surface area (Å²) in [5.74, 6) is 0.192. The van der Waals surface area contributed by atoms with Gasteiger partial charge in [0.2, 0.25) is 11.8 Å². The van der Waals surface area contributed by atoms with Crippen molar-refractivity contribution in [1.82, 2.24) is 5.32 Å². The summed E-state index contributed by atoms with van der Waals surface area (Å²) in [5.41, 5.74) is 10.6. The number of amides is 2. The van der Waals surface area contributed by atoms with Gasteiger partial charge in [-0.3, -0.25) is 9.59 Å². The fourth-order valence-corrected chi connectivity index (χ4v) is 1.57. The summed E-state index contributed by atoms with van der Waals surface area (Å²) < 4.78 is 0. The lowest BCUT2D eigenvalue weighted by molar-refractivity contribution is -0.123. The van der Waals surface area contributed by atoms with Crippen molar-refractivity contribution in [2.24, 2.45) is 11.5 Å². The monoisotopic (exact) mass is 233 g/mol. The van der Waals surface area contributed by atoms with Crippen LogP contribution in [0.2, 0.25) is 0 Å². The van der Waals surface area contributed by atoms with Crippen molar-refractivity contribution in [1.29, 1.82) is 0 Å². The summed E-state index contributed by atoms with van der Waals surface area (Å²) in [5, 5.41) is 2.65. The standard InChI is InChI=1S/C9H19N3O2S/c1-6(5-8(11)13)12-9(14)7(10)3-4-15-2/h6-7H,3-5,10H2,1-2H3,(H2,11,13)(H,12,14)/t6?,7-/m0/s1. The van der Waals surface area contributed by atoms with Crippen LogP contribution in [0.3, 0.4) is 0 Å². The van der Waals surface area contributed by atoms with Crippen LogP contribution in [0.1, 0.15) is 19.8 Å². The van der Waals surface area contributed by atoms with E-state index < -0.39 is 11.9 Å². The van der Waals surface area contributed by atoms with Gasteiger partial charge in [-0.2, -0.15) is 11.8 Å². The van der Waals surface area contributed by atoms with Crippen molar-refractivity contribution in [3.05, 3.63) is 0 Å². The number of carbonyl (C=O) groups is 2. The molecule has 0 aromatic heterocycles. The summed E-state index contributed by atoms with van der Waals surface area (Å²) in [7, 11) is 0. The van der Waals surface area contributed by atoms with Crippen LogP contribution in [-0.4, -0.2) is 35.9 Å². The smallest absolute Gasteiger partial charge is 0.237 e. The summed E-state index contributed by atoms with van der Waals surface area (Å²) in [6.07, 6.45) is 2.73. The number of nitrogens with one attached hydrogen (secondary N) is 1. The lowest BCUT2D eigenvalue weighted by Crippen LogP contribution is -2.45. The number of carbonyl (C=O) groups excluding carboxylic acids is 2. The number of primary amides is 1. The molecule has 0 heterocycles. The van der Waals surface area contributed by atoms with Gasteiger partial charge >= 0.3 is 0 Å². The highest BCUT2D eigenvalue weighted by atomic mass is 32.2. The molecule has 2 amide bonds. The van der Waals surface area contributed by atoms with E-state index in [1.165, 1.54) is 0 Å². The van der Waals surface area contributed by atoms with E-state index in [1.54, 1.807) is 18.7 Å². The number of nitrogens with two attached hydrogens (primary N) is 2. The SMILES string of the molecule is CSCC[C@H](N)C(=O)NC(C)CC(N)=O. The third-order valence-electron chi connectivity index (χ3n) is 1.87. The van der Waals surface area contributed by atoms with Crippen LogP contribution in [-0.2, 0) is 9.59 Å². The molecule has 0 spiro atoms. The van der Waals surface area contributed by atoms with E-state index in [0.29, 0.717) is 6.42 Å². The molecule has 0 saturated carbocycles. The topological polar surface area (TPSA) is 98.2 Å². The van der Waals surface area contributed by atoms with Crippen LogP contribution in [0, 0.1) is 0 Å². The van der Waals surface area contributed by atoms with E-state index in [1.807, 2.05) is 6.26 Å². The molecule has 1 unspecified atom stereocenters. The largest absolute Gasteiger partial charge is 0.370 e. The maximum Gasteiger partial charge on any atom is 0.237 e. The van der Waals surface area contributed by atoms with Crippen molar-refractivity contribution in [3.8, 4) is 0 Å². The molecule has 88 valence electrons. The molecule has 0 aliphatic rings. The van der Waals surface area contributed by atoms with E-state index in [4.69, 9.17) is 11.5 Å². The normalized spacial score (nSPS) is 14.3. The molecule has 0 aromatic rings. The Morgan fingerprint density at radius 2 is 2.07 bits per heavy atom. The molecule has 0 bridgehead atoms. The average molecular weight is 233 g/mol. The predicted octanol–water partition coefficient (Wildman–Crippen LogP) is -0.553. The zero-order chi connectivity index (χ0) is 11.8. The van der Waals surface area contributed by atoms with Gasteiger partial charge in [0.05, 0.1) is 6.04 Å². The number of hydrogen-bond acceptors (Lipinski definition) is 4. The zero-order valence-corrected chi connectivity index (χ0v) is 9.97. The summed E-state index contributed by atoms with van der Waals surface area (Å²) in [6, 6.07) is -0.761. The molecule has 0 aliphatic heterocycles. The minimum Gasteiger partial charge on any atom is -0.370 e. The lowest BCUT2D eigenvalue weighted by atomic mass is 10.2. The summed E-state index contributed by atoms with van der Waals surface area (Å²) in [6.45, 7) is 1.73. The second kappa shape index (κ2) is 7.53. The van der Waals surface area contributed by atoms with Gasteiger partial charge in [-0.15, -0.1) is 0 Å². The molecule has 0 saturated heterocycles. The van der Waals surface area contributed by atoms with Gasteiger partial charge in [-0.1, -0.05) is 0 Å². The minimum atomic E-state index is -0.507. The van der Waals surface area contributed by atoms with Crippen LogP contribution in [0.15, 0.2) is 0 Å². The minimum absolute atomic E-state index is 0.140. The first-order chi connectivity index (χ1) is 6.97. The van der Waals surface area contributed by atoms with Gasteiger partial charge in [0, 0.05) is 12.5 Å². The molecule has 5 N–H and O–H groups in total. The second-order valence-corrected chi connectivity index (χ2v) is 4.45. The number of rotatable bonds is 7. The molecule has 0 aliphatic carbocycles. The zero-order valence-electron chi connectivity index (χ0n) is 9.16. The van der Waals surface area contributed by atoms with Crippen LogP contribution in [0.5, 0.6) is 0 Å². The third-order valence-corrected chi connectivity index (χ3v) is 2.51. The van der Waals surface area contributed by atoms with Gasteiger partial charge in [0.15, 0.2) is 0 Å². The second-order valence-electron chi connectivity index (χ2n) is 3.47. The molecule has 0 fully saturated rings. The molecular formula is C9H19N3O2S. The Morgan fingerprint density at radius 3 is 2.53 bits per heavy atom. The quantitative estimate of drug-likeness (QED) is 0.549. The molecule has 15 heavy (non-hydrogen) atoms. The molecular weight excluding hydrogens is 214 g/mol. The fourth-order valence-electron chi connectivity index (χ4n) is 1.08. The van der Waals surface area contributed by atoms with E-state index in [9.17, 15) is 9.59 Å². The molecule has 0 radical (unpaired) electrons. The van der Waals surface area contributed by atoms with Crippen molar-refractivity contribution < 1.29 is 9.59 Å². The number of thioether (sulfide) groups is 1. The van der Waals surface area contributed by atoms with Crippen molar-refractivity contribution in [2.75, 3.05) is 12.0 Å².